The van der Waals surface area contributed by atoms with Crippen molar-refractivity contribution >= 4 is 22.5 Å². The molecule has 0 bridgehead atoms. The van der Waals surface area contributed by atoms with Gasteiger partial charge < -0.3 is 0 Å². The van der Waals surface area contributed by atoms with Gasteiger partial charge in [0.2, 0.25) is 0 Å². The Kier molecular flexibility index (Phi) is 3.74. The maximum absolute atomic E-state index is 12.3. The molecule has 3 aromatic heterocycles. The van der Waals surface area contributed by atoms with Gasteiger partial charge in [-0.25, -0.2) is 19.9 Å². The minimum absolute atomic E-state index is 0.160. The highest BCUT2D eigenvalue weighted by molar-refractivity contribution is 7.09. The van der Waals surface area contributed by atoms with E-state index in [1.165, 1.54) is 18.7 Å². The summed E-state index contributed by atoms with van der Waals surface area (Å²) in [6.45, 7) is 4.79. The third kappa shape index (κ3) is 2.82. The van der Waals surface area contributed by atoms with Crippen molar-refractivity contribution in [3.05, 3.63) is 45.2 Å². The maximum atomic E-state index is 12.3. The SMILES string of the molecule is CC(C)c1nc(CCn2cnc3nccnc3c2=O)cs1. The highest BCUT2D eigenvalue weighted by atomic mass is 32.1. The van der Waals surface area contributed by atoms with Crippen molar-refractivity contribution in [2.45, 2.75) is 32.7 Å². The summed E-state index contributed by atoms with van der Waals surface area (Å²) in [5.74, 6) is 0.434. The Labute approximate surface area is 125 Å². The second kappa shape index (κ2) is 5.69. The molecule has 0 unspecified atom stereocenters. The van der Waals surface area contributed by atoms with Crippen LogP contribution in [0, 0.1) is 0 Å². The molecule has 0 radical (unpaired) electrons. The van der Waals surface area contributed by atoms with Gasteiger partial charge >= 0.3 is 0 Å². The average Bonchev–Trinajstić information content (AvgIpc) is 2.96. The van der Waals surface area contributed by atoms with E-state index in [9.17, 15) is 4.79 Å². The zero-order chi connectivity index (χ0) is 14.8. The molecule has 0 amide bonds. The Morgan fingerprint density at radius 2 is 2.05 bits per heavy atom. The molecule has 0 saturated heterocycles. The third-order valence-corrected chi connectivity index (χ3v) is 4.33. The molecule has 0 spiro atoms. The Bertz CT molecular complexity index is 823. The van der Waals surface area contributed by atoms with Gasteiger partial charge in [-0.3, -0.25) is 9.36 Å². The Hall–Kier alpha value is -2.15. The minimum Gasteiger partial charge on any atom is -0.297 e. The molecule has 0 saturated carbocycles. The van der Waals surface area contributed by atoms with Crippen LogP contribution in [-0.2, 0) is 13.0 Å². The van der Waals surface area contributed by atoms with Crippen molar-refractivity contribution in [1.82, 2.24) is 24.5 Å². The van der Waals surface area contributed by atoms with Crippen molar-refractivity contribution in [3.63, 3.8) is 0 Å². The first kappa shape index (κ1) is 13.8. The molecular formula is C14H15N5OS. The molecule has 0 aliphatic heterocycles. The molecule has 6 nitrogen and oxygen atoms in total. The highest BCUT2D eigenvalue weighted by Crippen LogP contribution is 2.19. The summed E-state index contributed by atoms with van der Waals surface area (Å²) in [5.41, 5.74) is 1.54. The first-order chi connectivity index (χ1) is 10.1. The molecule has 0 fully saturated rings. The number of aromatic nitrogens is 5. The molecule has 3 aromatic rings. The zero-order valence-electron chi connectivity index (χ0n) is 11.9. The van der Waals surface area contributed by atoms with Crippen LogP contribution in [-0.4, -0.2) is 24.5 Å². The Morgan fingerprint density at radius 1 is 1.24 bits per heavy atom. The van der Waals surface area contributed by atoms with Gasteiger partial charge in [0.05, 0.1) is 10.7 Å². The van der Waals surface area contributed by atoms with Crippen LogP contribution in [0.3, 0.4) is 0 Å². The monoisotopic (exact) mass is 301 g/mol. The average molecular weight is 301 g/mol. The summed E-state index contributed by atoms with van der Waals surface area (Å²) in [6, 6.07) is 0. The molecule has 21 heavy (non-hydrogen) atoms. The summed E-state index contributed by atoms with van der Waals surface area (Å²) >= 11 is 1.66. The van der Waals surface area contributed by atoms with Gasteiger partial charge in [0.25, 0.3) is 5.56 Å². The number of fused-ring (bicyclic) bond motifs is 1. The number of thiazole rings is 1. The van der Waals surface area contributed by atoms with Gasteiger partial charge in [0, 0.05) is 36.7 Å². The van der Waals surface area contributed by atoms with Crippen LogP contribution in [0.2, 0.25) is 0 Å². The minimum atomic E-state index is -0.160. The van der Waals surface area contributed by atoms with E-state index >= 15 is 0 Å². The first-order valence-corrected chi connectivity index (χ1v) is 7.63. The van der Waals surface area contributed by atoms with Crippen LogP contribution in [0.1, 0.15) is 30.5 Å². The molecule has 0 atom stereocenters. The second-order valence-corrected chi connectivity index (χ2v) is 5.94. The van der Waals surface area contributed by atoms with Gasteiger partial charge in [-0.05, 0) is 0 Å². The van der Waals surface area contributed by atoms with Crippen molar-refractivity contribution in [1.29, 1.82) is 0 Å². The van der Waals surface area contributed by atoms with Gasteiger partial charge in [-0.15, -0.1) is 11.3 Å². The molecule has 0 aromatic carbocycles. The molecule has 0 N–H and O–H groups in total. The lowest BCUT2D eigenvalue weighted by molar-refractivity contribution is 0.651. The number of rotatable bonds is 4. The second-order valence-electron chi connectivity index (χ2n) is 5.05. The summed E-state index contributed by atoms with van der Waals surface area (Å²) in [7, 11) is 0. The van der Waals surface area contributed by atoms with Crippen molar-refractivity contribution in [2.75, 3.05) is 0 Å². The van der Waals surface area contributed by atoms with Crippen LogP contribution >= 0.6 is 11.3 Å². The summed E-state index contributed by atoms with van der Waals surface area (Å²) in [5, 5.41) is 3.18. The Morgan fingerprint density at radius 3 is 2.81 bits per heavy atom. The van der Waals surface area contributed by atoms with Crippen LogP contribution in [0.4, 0.5) is 0 Å². The van der Waals surface area contributed by atoms with Crippen molar-refractivity contribution < 1.29 is 0 Å². The predicted molar refractivity (Wildman–Crippen MR) is 81.5 cm³/mol. The topological polar surface area (TPSA) is 73.6 Å². The van der Waals surface area contributed by atoms with E-state index in [-0.39, 0.29) is 5.56 Å². The van der Waals surface area contributed by atoms with Crippen LogP contribution < -0.4 is 5.56 Å². The fourth-order valence-electron chi connectivity index (χ4n) is 1.99. The van der Waals surface area contributed by atoms with E-state index < -0.39 is 0 Å². The third-order valence-electron chi connectivity index (χ3n) is 3.13. The number of hydrogen-bond acceptors (Lipinski definition) is 6. The fourth-order valence-corrected chi connectivity index (χ4v) is 2.86. The smallest absolute Gasteiger partial charge is 0.281 e. The lowest BCUT2D eigenvalue weighted by atomic mass is 10.2. The summed E-state index contributed by atoms with van der Waals surface area (Å²) in [4.78, 5) is 29.1. The van der Waals surface area contributed by atoms with Gasteiger partial charge in [-0.1, -0.05) is 13.8 Å². The molecule has 7 heteroatoms. The van der Waals surface area contributed by atoms with Gasteiger partial charge in [-0.2, -0.15) is 0 Å². The molecule has 0 aliphatic carbocycles. The van der Waals surface area contributed by atoms with E-state index in [1.54, 1.807) is 15.9 Å². The highest BCUT2D eigenvalue weighted by Gasteiger charge is 2.08. The molecule has 3 rings (SSSR count). The number of nitrogens with zero attached hydrogens (tertiary/aromatic N) is 5. The normalized spacial score (nSPS) is 11.4. The quantitative estimate of drug-likeness (QED) is 0.737. The van der Waals surface area contributed by atoms with E-state index in [4.69, 9.17) is 0 Å². The van der Waals surface area contributed by atoms with Gasteiger partial charge in [0.15, 0.2) is 11.2 Å². The van der Waals surface area contributed by atoms with E-state index in [0.29, 0.717) is 30.0 Å². The summed E-state index contributed by atoms with van der Waals surface area (Å²) < 4.78 is 1.56. The predicted octanol–water partition coefficient (Wildman–Crippen LogP) is 2.01. The van der Waals surface area contributed by atoms with Crippen molar-refractivity contribution in [3.8, 4) is 0 Å². The van der Waals surface area contributed by atoms with E-state index in [0.717, 1.165) is 10.7 Å². The first-order valence-electron chi connectivity index (χ1n) is 6.75. The Balaban J connectivity index is 1.81. The molecule has 108 valence electrons. The lowest BCUT2D eigenvalue weighted by Crippen LogP contribution is -2.22. The van der Waals surface area contributed by atoms with Crippen LogP contribution in [0.25, 0.3) is 11.2 Å². The van der Waals surface area contributed by atoms with Gasteiger partial charge in [0.1, 0.15) is 6.33 Å². The molecule has 0 aliphatic rings. The zero-order valence-corrected chi connectivity index (χ0v) is 12.7. The van der Waals surface area contributed by atoms with E-state index in [2.05, 4.69) is 39.2 Å². The van der Waals surface area contributed by atoms with Crippen molar-refractivity contribution in [2.24, 2.45) is 0 Å². The fraction of sp³-hybridized carbons (Fsp3) is 0.357. The molecular weight excluding hydrogens is 286 g/mol. The van der Waals surface area contributed by atoms with Crippen LogP contribution in [0.15, 0.2) is 28.9 Å². The van der Waals surface area contributed by atoms with Crippen LogP contribution in [0.5, 0.6) is 0 Å². The van der Waals surface area contributed by atoms with E-state index in [1.807, 2.05) is 0 Å². The number of aryl methyl sites for hydroxylation is 2. The molecule has 3 heterocycles. The maximum Gasteiger partial charge on any atom is 0.281 e. The largest absolute Gasteiger partial charge is 0.297 e. The summed E-state index contributed by atoms with van der Waals surface area (Å²) in [6.07, 6.45) is 5.26. The standard InChI is InChI=1S/C14H15N5OS/c1-9(2)13-18-10(7-21-13)3-6-19-8-17-12-11(14(19)20)15-4-5-16-12/h4-5,7-9H,3,6H2,1-2H3. The lowest BCUT2D eigenvalue weighted by Gasteiger charge is -2.04. The number of hydrogen-bond donors (Lipinski definition) is 0.